The van der Waals surface area contributed by atoms with E-state index in [0.717, 1.165) is 22.4 Å². The van der Waals surface area contributed by atoms with Crippen molar-refractivity contribution >= 4 is 15.9 Å². The van der Waals surface area contributed by atoms with Gasteiger partial charge in [-0.1, -0.05) is 12.1 Å². The molecule has 1 saturated heterocycles. The maximum atomic E-state index is 11.7. The lowest BCUT2D eigenvalue weighted by Crippen LogP contribution is -2.31. The van der Waals surface area contributed by atoms with Crippen molar-refractivity contribution in [2.45, 2.75) is 25.9 Å². The fourth-order valence-electron chi connectivity index (χ4n) is 3.19. The van der Waals surface area contributed by atoms with Crippen LogP contribution in [-0.2, 0) is 16.4 Å². The van der Waals surface area contributed by atoms with E-state index >= 15 is 0 Å². The second-order valence-electron chi connectivity index (χ2n) is 6.26. The van der Waals surface area contributed by atoms with Gasteiger partial charge in [-0.25, -0.2) is 13.2 Å². The average Bonchev–Trinajstić information content (AvgIpc) is 3.09. The van der Waals surface area contributed by atoms with Crippen LogP contribution in [0.3, 0.4) is 0 Å². The third-order valence-electron chi connectivity index (χ3n) is 4.46. The Balaban J connectivity index is 1.68. The first kappa shape index (κ1) is 15.2. The zero-order valence-corrected chi connectivity index (χ0v) is 14.0. The molecule has 4 rings (SSSR count). The Kier molecular flexibility index (Phi) is 3.38. The van der Waals surface area contributed by atoms with Gasteiger partial charge in [0.15, 0.2) is 9.84 Å². The number of ether oxygens (including phenoxy) is 1. The molecule has 1 aromatic heterocycles. The van der Waals surface area contributed by atoms with E-state index < -0.39 is 15.9 Å². The summed E-state index contributed by atoms with van der Waals surface area (Å²) < 4.78 is 30.3. The topological polar surface area (TPSA) is 90.3 Å². The molecule has 2 aliphatic rings. The number of amides is 1. The Morgan fingerprint density at radius 1 is 1.38 bits per heavy atom. The maximum Gasteiger partial charge on any atom is 0.412 e. The fourth-order valence-corrected chi connectivity index (χ4v) is 4.89. The zero-order valence-electron chi connectivity index (χ0n) is 13.2. The monoisotopic (exact) mass is 347 g/mol. The molecular formula is C16H17N3O4S. The van der Waals surface area contributed by atoms with Crippen LogP contribution in [0, 0.1) is 6.92 Å². The molecule has 1 amide bonds. The first-order valence-corrected chi connectivity index (χ1v) is 9.58. The molecule has 3 heterocycles. The van der Waals surface area contributed by atoms with Gasteiger partial charge in [-0.15, -0.1) is 0 Å². The number of rotatable bonds is 2. The van der Waals surface area contributed by atoms with Crippen LogP contribution in [0.1, 0.15) is 23.6 Å². The highest BCUT2D eigenvalue weighted by Crippen LogP contribution is 2.31. The summed E-state index contributed by atoms with van der Waals surface area (Å²) in [7, 11) is -2.96. The SMILES string of the molecule is Cc1cn(C2CCS(=O)(=O)C2)nc1-c1ccc2c(c1)OC(=O)NC2. The summed E-state index contributed by atoms with van der Waals surface area (Å²) in [6.45, 7) is 2.39. The van der Waals surface area contributed by atoms with Gasteiger partial charge in [0.25, 0.3) is 0 Å². The summed E-state index contributed by atoms with van der Waals surface area (Å²) in [5, 5.41) is 7.21. The highest BCUT2D eigenvalue weighted by molar-refractivity contribution is 7.91. The molecule has 126 valence electrons. The number of hydrogen-bond donors (Lipinski definition) is 1. The summed E-state index contributed by atoms with van der Waals surface area (Å²) in [5.41, 5.74) is 3.49. The minimum absolute atomic E-state index is 0.109. The molecular weight excluding hydrogens is 330 g/mol. The van der Waals surface area contributed by atoms with Gasteiger partial charge in [-0.3, -0.25) is 4.68 Å². The third kappa shape index (κ3) is 2.66. The molecule has 1 fully saturated rings. The Morgan fingerprint density at radius 2 is 2.21 bits per heavy atom. The lowest BCUT2D eigenvalue weighted by molar-refractivity contribution is 0.194. The Hall–Kier alpha value is -2.35. The zero-order chi connectivity index (χ0) is 16.9. The number of nitrogens with zero attached hydrogens (tertiary/aromatic N) is 2. The van der Waals surface area contributed by atoms with Crippen molar-refractivity contribution in [3.63, 3.8) is 0 Å². The van der Waals surface area contributed by atoms with Gasteiger partial charge in [0.05, 0.1) is 23.2 Å². The van der Waals surface area contributed by atoms with Crippen LogP contribution in [0.25, 0.3) is 11.3 Å². The van der Waals surface area contributed by atoms with E-state index in [1.54, 1.807) is 10.7 Å². The highest BCUT2D eigenvalue weighted by atomic mass is 32.2. The molecule has 2 aromatic rings. The van der Waals surface area contributed by atoms with E-state index in [9.17, 15) is 13.2 Å². The van der Waals surface area contributed by atoms with E-state index in [1.165, 1.54) is 0 Å². The van der Waals surface area contributed by atoms with E-state index in [-0.39, 0.29) is 17.5 Å². The minimum atomic E-state index is -2.96. The molecule has 8 heteroatoms. The molecule has 1 atom stereocenters. The molecule has 1 N–H and O–H groups in total. The average molecular weight is 347 g/mol. The smallest absolute Gasteiger partial charge is 0.410 e. The van der Waals surface area contributed by atoms with E-state index in [0.29, 0.717) is 18.7 Å². The van der Waals surface area contributed by atoms with Gasteiger partial charge >= 0.3 is 6.09 Å². The van der Waals surface area contributed by atoms with Crippen molar-refractivity contribution in [3.8, 4) is 17.0 Å². The second-order valence-corrected chi connectivity index (χ2v) is 8.49. The number of carbonyl (C=O) groups excluding carboxylic acids is 1. The first-order chi connectivity index (χ1) is 11.4. The molecule has 0 aliphatic carbocycles. The number of sulfone groups is 1. The first-order valence-electron chi connectivity index (χ1n) is 7.76. The molecule has 0 bridgehead atoms. The molecule has 0 radical (unpaired) electrons. The summed E-state index contributed by atoms with van der Waals surface area (Å²) >= 11 is 0. The van der Waals surface area contributed by atoms with Gasteiger partial charge in [0, 0.05) is 23.9 Å². The van der Waals surface area contributed by atoms with Crippen LogP contribution in [0.5, 0.6) is 5.75 Å². The number of aryl methyl sites for hydroxylation is 1. The van der Waals surface area contributed by atoms with Crippen LogP contribution in [-0.4, -0.2) is 35.8 Å². The van der Waals surface area contributed by atoms with Gasteiger partial charge in [-0.05, 0) is 25.0 Å². The van der Waals surface area contributed by atoms with Crippen molar-refractivity contribution in [3.05, 3.63) is 35.5 Å². The number of benzene rings is 1. The predicted molar refractivity (Wildman–Crippen MR) is 87.6 cm³/mol. The van der Waals surface area contributed by atoms with E-state index in [1.807, 2.05) is 25.3 Å². The van der Waals surface area contributed by atoms with Gasteiger partial charge in [0.1, 0.15) is 5.75 Å². The van der Waals surface area contributed by atoms with Crippen LogP contribution in [0.15, 0.2) is 24.4 Å². The number of hydrogen-bond acceptors (Lipinski definition) is 5. The van der Waals surface area contributed by atoms with Crippen LogP contribution in [0.2, 0.25) is 0 Å². The van der Waals surface area contributed by atoms with Gasteiger partial charge in [-0.2, -0.15) is 5.10 Å². The minimum Gasteiger partial charge on any atom is -0.410 e. The van der Waals surface area contributed by atoms with Crippen molar-refractivity contribution in [2.24, 2.45) is 0 Å². The number of nitrogens with one attached hydrogen (secondary N) is 1. The second kappa shape index (κ2) is 5.34. The molecule has 24 heavy (non-hydrogen) atoms. The quantitative estimate of drug-likeness (QED) is 0.895. The third-order valence-corrected chi connectivity index (χ3v) is 6.21. The standard InChI is InChI=1S/C16H17N3O4S/c1-10-8-19(13-4-5-24(21,22)9-13)18-15(10)11-2-3-12-7-17-16(20)23-14(12)6-11/h2-3,6,8,13H,4-5,7,9H2,1H3,(H,17,20). The highest BCUT2D eigenvalue weighted by Gasteiger charge is 2.30. The molecule has 0 saturated carbocycles. The largest absolute Gasteiger partial charge is 0.412 e. The lowest BCUT2D eigenvalue weighted by atomic mass is 10.1. The molecule has 7 nitrogen and oxygen atoms in total. The van der Waals surface area contributed by atoms with Crippen molar-refractivity contribution < 1.29 is 17.9 Å². The van der Waals surface area contributed by atoms with Crippen molar-refractivity contribution in [1.82, 2.24) is 15.1 Å². The van der Waals surface area contributed by atoms with Gasteiger partial charge < -0.3 is 10.1 Å². The molecule has 1 aromatic carbocycles. The summed E-state index contributed by atoms with van der Waals surface area (Å²) in [5.74, 6) is 0.892. The predicted octanol–water partition coefficient (Wildman–Crippen LogP) is 1.82. The summed E-state index contributed by atoms with van der Waals surface area (Å²) in [6.07, 6.45) is 2.02. The molecule has 2 aliphatic heterocycles. The Labute approximate surface area is 139 Å². The summed E-state index contributed by atoms with van der Waals surface area (Å²) in [4.78, 5) is 11.4. The van der Waals surface area contributed by atoms with Crippen molar-refractivity contribution in [1.29, 1.82) is 0 Å². The van der Waals surface area contributed by atoms with Crippen LogP contribution in [0.4, 0.5) is 4.79 Å². The van der Waals surface area contributed by atoms with Crippen LogP contribution >= 0.6 is 0 Å². The van der Waals surface area contributed by atoms with Crippen molar-refractivity contribution in [2.75, 3.05) is 11.5 Å². The van der Waals surface area contributed by atoms with Gasteiger partial charge in [0.2, 0.25) is 0 Å². The lowest BCUT2D eigenvalue weighted by Gasteiger charge is -2.17. The number of fused-ring (bicyclic) bond motifs is 1. The number of carbonyl (C=O) groups is 1. The molecule has 0 spiro atoms. The molecule has 1 unspecified atom stereocenters. The maximum absolute atomic E-state index is 11.7. The van der Waals surface area contributed by atoms with E-state index in [2.05, 4.69) is 10.4 Å². The Morgan fingerprint density at radius 3 is 2.96 bits per heavy atom. The Bertz CT molecular complexity index is 933. The fraction of sp³-hybridized carbons (Fsp3) is 0.375. The van der Waals surface area contributed by atoms with E-state index in [4.69, 9.17) is 4.74 Å². The summed E-state index contributed by atoms with van der Waals surface area (Å²) in [6, 6.07) is 5.54. The van der Waals surface area contributed by atoms with Crippen LogP contribution < -0.4 is 10.1 Å². The number of aromatic nitrogens is 2. The normalized spacial score (nSPS) is 21.9.